The molecule has 2 N–H and O–H groups in total. The molecule has 0 aliphatic rings. The average Bonchev–Trinajstić information content (AvgIpc) is 2.42. The highest BCUT2D eigenvalue weighted by Crippen LogP contribution is 2.27. The van der Waals surface area contributed by atoms with Gasteiger partial charge in [-0.1, -0.05) is 23.8 Å². The molecule has 2 rings (SSSR count). The van der Waals surface area contributed by atoms with Crippen molar-refractivity contribution in [2.45, 2.75) is 27.3 Å². The van der Waals surface area contributed by atoms with Crippen LogP contribution in [0, 0.1) is 13.8 Å². The van der Waals surface area contributed by atoms with Gasteiger partial charge in [-0.05, 0) is 44.5 Å². The topological polar surface area (TPSA) is 41.5 Å². The minimum Gasteiger partial charge on any atom is -0.508 e. The van der Waals surface area contributed by atoms with E-state index in [1.165, 1.54) is 0 Å². The summed E-state index contributed by atoms with van der Waals surface area (Å²) in [5, 5.41) is 13.2. The Hall–Kier alpha value is -2.16. The van der Waals surface area contributed by atoms with Gasteiger partial charge in [-0.3, -0.25) is 0 Å². The molecule has 0 saturated heterocycles. The fourth-order valence-corrected chi connectivity index (χ4v) is 2.10. The molecule has 0 aliphatic carbocycles. The summed E-state index contributed by atoms with van der Waals surface area (Å²) in [6.07, 6.45) is 0. The Kier molecular flexibility index (Phi) is 4.51. The second-order valence-electron chi connectivity index (χ2n) is 4.92. The van der Waals surface area contributed by atoms with Crippen LogP contribution in [0.4, 0.5) is 5.69 Å². The zero-order valence-electron chi connectivity index (χ0n) is 12.2. The maximum absolute atomic E-state index is 9.86. The summed E-state index contributed by atoms with van der Waals surface area (Å²) in [5.74, 6) is 1.16. The number of aromatic hydroxyl groups is 1. The molecule has 3 heteroatoms. The number of rotatable bonds is 5. The first-order valence-corrected chi connectivity index (χ1v) is 6.86. The number of hydrogen-bond donors (Lipinski definition) is 2. The molecule has 0 fully saturated rings. The van der Waals surface area contributed by atoms with Gasteiger partial charge < -0.3 is 15.2 Å². The molecule has 3 nitrogen and oxygen atoms in total. The third-order valence-electron chi connectivity index (χ3n) is 3.14. The van der Waals surface area contributed by atoms with E-state index in [1.54, 1.807) is 6.07 Å². The summed E-state index contributed by atoms with van der Waals surface area (Å²) < 4.78 is 5.64. The Balaban J connectivity index is 2.16. The molecule has 0 amide bonds. The molecule has 0 aliphatic heterocycles. The lowest BCUT2D eigenvalue weighted by Crippen LogP contribution is -2.03. The molecule has 106 valence electrons. The van der Waals surface area contributed by atoms with Crippen molar-refractivity contribution in [3.05, 3.63) is 53.1 Å². The van der Waals surface area contributed by atoms with Crippen LogP contribution in [0.1, 0.15) is 23.6 Å². The quantitative estimate of drug-likeness (QED) is 0.863. The maximum atomic E-state index is 9.86. The van der Waals surface area contributed by atoms with Crippen LogP contribution >= 0.6 is 0 Å². The SMILES string of the molecule is CCOc1cc(C)ccc1NCc1cc(C)ccc1O. The van der Waals surface area contributed by atoms with Gasteiger partial charge in [0.1, 0.15) is 11.5 Å². The number of phenolic OH excluding ortho intramolecular Hbond substituents is 1. The van der Waals surface area contributed by atoms with Crippen molar-refractivity contribution < 1.29 is 9.84 Å². The van der Waals surface area contributed by atoms with Gasteiger partial charge >= 0.3 is 0 Å². The van der Waals surface area contributed by atoms with E-state index in [-0.39, 0.29) is 0 Å². The number of phenols is 1. The number of hydrogen-bond acceptors (Lipinski definition) is 3. The zero-order valence-corrected chi connectivity index (χ0v) is 12.2. The van der Waals surface area contributed by atoms with Crippen molar-refractivity contribution in [2.75, 3.05) is 11.9 Å². The van der Waals surface area contributed by atoms with Crippen molar-refractivity contribution >= 4 is 5.69 Å². The Morgan fingerprint density at radius 2 is 1.75 bits per heavy atom. The summed E-state index contributed by atoms with van der Waals surface area (Å²) in [6.45, 7) is 7.22. The van der Waals surface area contributed by atoms with Crippen LogP contribution in [0.3, 0.4) is 0 Å². The number of benzene rings is 2. The second-order valence-corrected chi connectivity index (χ2v) is 4.92. The third kappa shape index (κ3) is 3.44. The highest BCUT2D eigenvalue weighted by molar-refractivity contribution is 5.58. The molecule has 0 atom stereocenters. The average molecular weight is 271 g/mol. The predicted molar refractivity (Wildman–Crippen MR) is 82.5 cm³/mol. The van der Waals surface area contributed by atoms with E-state index in [1.807, 2.05) is 51.1 Å². The molecule has 20 heavy (non-hydrogen) atoms. The Labute approximate surface area is 120 Å². The van der Waals surface area contributed by atoms with Crippen molar-refractivity contribution in [2.24, 2.45) is 0 Å². The first kappa shape index (κ1) is 14.3. The molecular weight excluding hydrogens is 250 g/mol. The van der Waals surface area contributed by atoms with Crippen LogP contribution in [0.25, 0.3) is 0 Å². The lowest BCUT2D eigenvalue weighted by Gasteiger charge is -2.14. The van der Waals surface area contributed by atoms with Gasteiger partial charge in [-0.15, -0.1) is 0 Å². The van der Waals surface area contributed by atoms with E-state index in [0.29, 0.717) is 18.9 Å². The summed E-state index contributed by atoms with van der Waals surface area (Å²) >= 11 is 0. The Morgan fingerprint density at radius 3 is 2.50 bits per heavy atom. The summed E-state index contributed by atoms with van der Waals surface area (Å²) in [6, 6.07) is 11.7. The van der Waals surface area contributed by atoms with E-state index in [9.17, 15) is 5.11 Å². The van der Waals surface area contributed by atoms with Gasteiger partial charge in [0, 0.05) is 12.1 Å². The highest BCUT2D eigenvalue weighted by atomic mass is 16.5. The molecular formula is C17H21NO2. The number of ether oxygens (including phenoxy) is 1. The van der Waals surface area contributed by atoms with Crippen LogP contribution in [0.5, 0.6) is 11.5 Å². The van der Waals surface area contributed by atoms with E-state index in [0.717, 1.165) is 28.1 Å². The van der Waals surface area contributed by atoms with Gasteiger partial charge in [0.05, 0.1) is 12.3 Å². The smallest absolute Gasteiger partial charge is 0.142 e. The van der Waals surface area contributed by atoms with Crippen LogP contribution in [-0.4, -0.2) is 11.7 Å². The Morgan fingerprint density at radius 1 is 1.05 bits per heavy atom. The zero-order chi connectivity index (χ0) is 14.5. The first-order chi connectivity index (χ1) is 9.60. The predicted octanol–water partition coefficient (Wildman–Crippen LogP) is 4.02. The third-order valence-corrected chi connectivity index (χ3v) is 3.14. The summed E-state index contributed by atoms with van der Waals surface area (Å²) in [4.78, 5) is 0. The van der Waals surface area contributed by atoms with Gasteiger partial charge in [0.15, 0.2) is 0 Å². The second kappa shape index (κ2) is 6.33. The van der Waals surface area contributed by atoms with Crippen molar-refractivity contribution in [1.82, 2.24) is 0 Å². The molecule has 0 aromatic heterocycles. The van der Waals surface area contributed by atoms with Gasteiger partial charge in [-0.25, -0.2) is 0 Å². The van der Waals surface area contributed by atoms with Crippen LogP contribution in [0.2, 0.25) is 0 Å². The fourth-order valence-electron chi connectivity index (χ4n) is 2.10. The van der Waals surface area contributed by atoms with E-state index >= 15 is 0 Å². The van der Waals surface area contributed by atoms with E-state index < -0.39 is 0 Å². The summed E-state index contributed by atoms with van der Waals surface area (Å²) in [7, 11) is 0. The van der Waals surface area contributed by atoms with Crippen LogP contribution in [0.15, 0.2) is 36.4 Å². The highest BCUT2D eigenvalue weighted by Gasteiger charge is 2.06. The van der Waals surface area contributed by atoms with Crippen molar-refractivity contribution in [3.8, 4) is 11.5 Å². The lowest BCUT2D eigenvalue weighted by atomic mass is 10.1. The molecule has 2 aromatic carbocycles. The van der Waals surface area contributed by atoms with Crippen LogP contribution in [-0.2, 0) is 6.54 Å². The fraction of sp³-hybridized carbons (Fsp3) is 0.294. The first-order valence-electron chi connectivity index (χ1n) is 6.86. The normalized spacial score (nSPS) is 10.3. The van der Waals surface area contributed by atoms with Crippen LogP contribution < -0.4 is 10.1 Å². The number of nitrogens with one attached hydrogen (secondary N) is 1. The molecule has 0 radical (unpaired) electrons. The minimum absolute atomic E-state index is 0.313. The standard InChI is InChI=1S/C17H21NO2/c1-4-20-17-10-13(3)5-7-15(17)18-11-14-9-12(2)6-8-16(14)19/h5-10,18-19H,4,11H2,1-3H3. The number of aryl methyl sites for hydroxylation is 2. The lowest BCUT2D eigenvalue weighted by molar-refractivity contribution is 0.341. The van der Waals surface area contributed by atoms with E-state index in [2.05, 4.69) is 5.32 Å². The monoisotopic (exact) mass is 271 g/mol. The van der Waals surface area contributed by atoms with Crippen molar-refractivity contribution in [1.29, 1.82) is 0 Å². The van der Waals surface area contributed by atoms with Gasteiger partial charge in [0.2, 0.25) is 0 Å². The van der Waals surface area contributed by atoms with Crippen molar-refractivity contribution in [3.63, 3.8) is 0 Å². The number of anilines is 1. The molecule has 2 aromatic rings. The molecule has 0 bridgehead atoms. The van der Waals surface area contributed by atoms with Gasteiger partial charge in [-0.2, -0.15) is 0 Å². The molecule has 0 unspecified atom stereocenters. The minimum atomic E-state index is 0.313. The molecule has 0 saturated carbocycles. The molecule has 0 spiro atoms. The largest absolute Gasteiger partial charge is 0.508 e. The Bertz CT molecular complexity index is 594. The molecule has 0 heterocycles. The maximum Gasteiger partial charge on any atom is 0.142 e. The summed E-state index contributed by atoms with van der Waals surface area (Å²) in [5.41, 5.74) is 4.12. The van der Waals surface area contributed by atoms with Gasteiger partial charge in [0.25, 0.3) is 0 Å². The van der Waals surface area contributed by atoms with E-state index in [4.69, 9.17) is 4.74 Å².